The van der Waals surface area contributed by atoms with Crippen molar-refractivity contribution in [3.63, 3.8) is 0 Å². The van der Waals surface area contributed by atoms with Crippen LogP contribution in [0.4, 0.5) is 0 Å². The normalized spacial score (nSPS) is 15.4. The van der Waals surface area contributed by atoms with Crippen LogP contribution in [0.1, 0.15) is 25.2 Å². The SMILES string of the molecule is NCc1nc(-c2cccc(OC3CCC3)c2)no1. The molecule has 3 rings (SSSR count). The van der Waals surface area contributed by atoms with E-state index in [1.54, 1.807) is 0 Å². The van der Waals surface area contributed by atoms with Gasteiger partial charge in [0.05, 0.1) is 12.6 Å². The summed E-state index contributed by atoms with van der Waals surface area (Å²) in [5, 5.41) is 3.89. The van der Waals surface area contributed by atoms with Crippen LogP contribution in [0.25, 0.3) is 11.4 Å². The molecule has 0 bridgehead atoms. The van der Waals surface area contributed by atoms with E-state index in [1.807, 2.05) is 24.3 Å². The highest BCUT2D eigenvalue weighted by Crippen LogP contribution is 2.27. The summed E-state index contributed by atoms with van der Waals surface area (Å²) in [6, 6.07) is 7.75. The lowest BCUT2D eigenvalue weighted by Crippen LogP contribution is -2.24. The van der Waals surface area contributed by atoms with Gasteiger partial charge in [0.1, 0.15) is 5.75 Å². The van der Waals surface area contributed by atoms with Gasteiger partial charge in [-0.2, -0.15) is 4.98 Å². The van der Waals surface area contributed by atoms with Crippen molar-refractivity contribution < 1.29 is 9.26 Å². The molecule has 1 heterocycles. The molecular formula is C13H15N3O2. The van der Waals surface area contributed by atoms with Crippen LogP contribution in [-0.2, 0) is 6.54 Å². The summed E-state index contributed by atoms with van der Waals surface area (Å²) in [5.41, 5.74) is 6.33. The average Bonchev–Trinajstić information content (AvgIpc) is 2.83. The Morgan fingerprint density at radius 3 is 2.94 bits per heavy atom. The van der Waals surface area contributed by atoms with E-state index in [-0.39, 0.29) is 6.54 Å². The Morgan fingerprint density at radius 2 is 2.28 bits per heavy atom. The summed E-state index contributed by atoms with van der Waals surface area (Å²) >= 11 is 0. The Bertz CT molecular complexity index is 535. The van der Waals surface area contributed by atoms with Crippen LogP contribution in [0.15, 0.2) is 28.8 Å². The Morgan fingerprint density at radius 1 is 1.39 bits per heavy atom. The molecule has 1 aliphatic carbocycles. The molecule has 94 valence electrons. The molecule has 1 aromatic heterocycles. The molecule has 0 spiro atoms. The summed E-state index contributed by atoms with van der Waals surface area (Å²) in [6.07, 6.45) is 3.91. The molecular weight excluding hydrogens is 230 g/mol. The third-order valence-corrected chi connectivity index (χ3v) is 3.09. The van der Waals surface area contributed by atoms with Crippen molar-refractivity contribution in [3.8, 4) is 17.1 Å². The molecule has 1 aliphatic rings. The maximum Gasteiger partial charge on any atom is 0.240 e. The molecule has 1 saturated carbocycles. The minimum Gasteiger partial charge on any atom is -0.490 e. The Kier molecular flexibility index (Phi) is 2.98. The van der Waals surface area contributed by atoms with Crippen molar-refractivity contribution in [2.75, 3.05) is 0 Å². The van der Waals surface area contributed by atoms with Crippen LogP contribution in [0, 0.1) is 0 Å². The maximum absolute atomic E-state index is 5.83. The van der Waals surface area contributed by atoms with E-state index >= 15 is 0 Å². The summed E-state index contributed by atoms with van der Waals surface area (Å²) in [4.78, 5) is 4.20. The summed E-state index contributed by atoms with van der Waals surface area (Å²) in [7, 11) is 0. The average molecular weight is 245 g/mol. The second-order valence-corrected chi connectivity index (χ2v) is 4.41. The van der Waals surface area contributed by atoms with Gasteiger partial charge in [-0.1, -0.05) is 17.3 Å². The van der Waals surface area contributed by atoms with Crippen LogP contribution in [-0.4, -0.2) is 16.2 Å². The predicted molar refractivity (Wildman–Crippen MR) is 65.9 cm³/mol. The van der Waals surface area contributed by atoms with Crippen molar-refractivity contribution in [3.05, 3.63) is 30.2 Å². The maximum atomic E-state index is 5.83. The Hall–Kier alpha value is -1.88. The largest absolute Gasteiger partial charge is 0.490 e. The van der Waals surface area contributed by atoms with Gasteiger partial charge in [0.2, 0.25) is 11.7 Å². The first-order valence-electron chi connectivity index (χ1n) is 6.15. The fourth-order valence-corrected chi connectivity index (χ4v) is 1.84. The first-order chi connectivity index (χ1) is 8.85. The first-order valence-corrected chi connectivity index (χ1v) is 6.15. The van der Waals surface area contributed by atoms with Crippen molar-refractivity contribution in [2.45, 2.75) is 31.9 Å². The van der Waals surface area contributed by atoms with Crippen molar-refractivity contribution in [1.82, 2.24) is 10.1 Å². The van der Waals surface area contributed by atoms with E-state index < -0.39 is 0 Å². The van der Waals surface area contributed by atoms with Gasteiger partial charge < -0.3 is 15.0 Å². The zero-order valence-electron chi connectivity index (χ0n) is 10.0. The van der Waals surface area contributed by atoms with E-state index in [0.717, 1.165) is 24.2 Å². The van der Waals surface area contributed by atoms with Gasteiger partial charge in [0.15, 0.2) is 0 Å². The molecule has 18 heavy (non-hydrogen) atoms. The highest BCUT2D eigenvalue weighted by atomic mass is 16.5. The molecule has 0 amide bonds. The zero-order chi connectivity index (χ0) is 12.4. The van der Waals surface area contributed by atoms with Crippen molar-refractivity contribution in [2.24, 2.45) is 5.73 Å². The molecule has 0 saturated heterocycles. The van der Waals surface area contributed by atoms with Crippen molar-refractivity contribution in [1.29, 1.82) is 0 Å². The van der Waals surface area contributed by atoms with Gasteiger partial charge in [-0.05, 0) is 31.4 Å². The van der Waals surface area contributed by atoms with Gasteiger partial charge in [0, 0.05) is 5.56 Å². The fraction of sp³-hybridized carbons (Fsp3) is 0.385. The van der Waals surface area contributed by atoms with Crippen LogP contribution in [0.3, 0.4) is 0 Å². The standard InChI is InChI=1S/C13H15N3O2/c14-8-12-15-13(16-18-12)9-3-1-6-11(7-9)17-10-4-2-5-10/h1,3,6-7,10H,2,4-5,8,14H2. The lowest BCUT2D eigenvalue weighted by atomic mass is 9.96. The molecule has 2 aromatic rings. The van der Waals surface area contributed by atoms with E-state index in [9.17, 15) is 0 Å². The second kappa shape index (κ2) is 4.78. The number of nitrogens with zero attached hydrogens (tertiary/aromatic N) is 2. The van der Waals surface area contributed by atoms with Gasteiger partial charge in [0.25, 0.3) is 0 Å². The lowest BCUT2D eigenvalue weighted by Gasteiger charge is -2.26. The summed E-state index contributed by atoms with van der Waals surface area (Å²) < 4.78 is 10.8. The summed E-state index contributed by atoms with van der Waals surface area (Å²) in [5.74, 6) is 1.85. The fourth-order valence-electron chi connectivity index (χ4n) is 1.84. The number of ether oxygens (including phenoxy) is 1. The van der Waals surface area contributed by atoms with E-state index in [0.29, 0.717) is 17.8 Å². The van der Waals surface area contributed by atoms with Gasteiger partial charge >= 0.3 is 0 Å². The predicted octanol–water partition coefficient (Wildman–Crippen LogP) is 2.13. The second-order valence-electron chi connectivity index (χ2n) is 4.41. The van der Waals surface area contributed by atoms with E-state index in [1.165, 1.54) is 6.42 Å². The number of rotatable bonds is 4. The molecule has 0 radical (unpaired) electrons. The molecule has 5 heteroatoms. The molecule has 0 aliphatic heterocycles. The molecule has 5 nitrogen and oxygen atoms in total. The number of nitrogens with two attached hydrogens (primary N) is 1. The molecule has 1 aromatic carbocycles. The highest BCUT2D eigenvalue weighted by Gasteiger charge is 2.19. The third-order valence-electron chi connectivity index (χ3n) is 3.09. The van der Waals surface area contributed by atoms with Crippen LogP contribution in [0.5, 0.6) is 5.75 Å². The number of hydrogen-bond acceptors (Lipinski definition) is 5. The van der Waals surface area contributed by atoms with Gasteiger partial charge in [-0.15, -0.1) is 0 Å². The van der Waals surface area contributed by atoms with E-state index in [2.05, 4.69) is 10.1 Å². The molecule has 2 N–H and O–H groups in total. The topological polar surface area (TPSA) is 74.2 Å². The summed E-state index contributed by atoms with van der Waals surface area (Å²) in [6.45, 7) is 0.255. The van der Waals surface area contributed by atoms with Crippen LogP contribution < -0.4 is 10.5 Å². The number of hydrogen-bond donors (Lipinski definition) is 1. The van der Waals surface area contributed by atoms with Crippen LogP contribution in [0.2, 0.25) is 0 Å². The number of benzene rings is 1. The Labute approximate surface area is 105 Å². The van der Waals surface area contributed by atoms with Gasteiger partial charge in [-0.3, -0.25) is 0 Å². The van der Waals surface area contributed by atoms with E-state index in [4.69, 9.17) is 15.0 Å². The quantitative estimate of drug-likeness (QED) is 0.893. The monoisotopic (exact) mass is 245 g/mol. The molecule has 1 fully saturated rings. The third kappa shape index (κ3) is 2.22. The zero-order valence-corrected chi connectivity index (χ0v) is 10.0. The smallest absolute Gasteiger partial charge is 0.240 e. The molecule has 0 unspecified atom stereocenters. The van der Waals surface area contributed by atoms with Crippen LogP contribution >= 0.6 is 0 Å². The number of aromatic nitrogens is 2. The minimum atomic E-state index is 0.255. The first kappa shape index (κ1) is 11.2. The minimum absolute atomic E-state index is 0.255. The Balaban J connectivity index is 1.80. The molecule has 0 atom stereocenters. The lowest BCUT2D eigenvalue weighted by molar-refractivity contribution is 0.120. The van der Waals surface area contributed by atoms with Gasteiger partial charge in [-0.25, -0.2) is 0 Å². The van der Waals surface area contributed by atoms with Crippen molar-refractivity contribution >= 4 is 0 Å². The highest BCUT2D eigenvalue weighted by molar-refractivity contribution is 5.56.